The number of hydrogen-bond donors (Lipinski definition) is 2. The molecule has 0 radical (unpaired) electrons. The highest BCUT2D eigenvalue weighted by Crippen LogP contribution is 2.31. The molecule has 0 fully saturated rings. The van der Waals surface area contributed by atoms with E-state index in [1.165, 1.54) is 13.2 Å². The highest BCUT2D eigenvalue weighted by Gasteiger charge is 2.11. The second-order valence-corrected chi connectivity index (χ2v) is 6.66. The SMILES string of the molecule is COc1cc(C(=O)O)ccc1-c1ccc(CCNC(=O)OCc2ccccc2)cc1. The number of carbonyl (C=O) groups is 2. The Balaban J connectivity index is 1.52. The molecule has 0 aliphatic heterocycles. The summed E-state index contributed by atoms with van der Waals surface area (Å²) in [6.07, 6.45) is 0.217. The molecule has 3 aromatic carbocycles. The quantitative estimate of drug-likeness (QED) is 0.575. The maximum atomic E-state index is 11.8. The lowest BCUT2D eigenvalue weighted by atomic mass is 10.0. The average molecular weight is 405 g/mol. The molecule has 2 N–H and O–H groups in total. The molecule has 3 rings (SSSR count). The number of rotatable bonds is 8. The molecule has 154 valence electrons. The number of amides is 1. The van der Waals surface area contributed by atoms with E-state index in [-0.39, 0.29) is 12.2 Å². The van der Waals surface area contributed by atoms with Crippen LogP contribution < -0.4 is 10.1 Å². The average Bonchev–Trinajstić information content (AvgIpc) is 2.78. The van der Waals surface area contributed by atoms with Gasteiger partial charge in [-0.2, -0.15) is 0 Å². The molecule has 1 amide bonds. The predicted molar refractivity (Wildman–Crippen MR) is 114 cm³/mol. The van der Waals surface area contributed by atoms with Gasteiger partial charge in [0.2, 0.25) is 0 Å². The number of ether oxygens (including phenoxy) is 2. The number of alkyl carbamates (subject to hydrolysis) is 1. The van der Waals surface area contributed by atoms with E-state index in [1.807, 2.05) is 54.6 Å². The van der Waals surface area contributed by atoms with Gasteiger partial charge in [0.15, 0.2) is 0 Å². The summed E-state index contributed by atoms with van der Waals surface area (Å²) in [6, 6.07) is 22.1. The van der Waals surface area contributed by atoms with Gasteiger partial charge in [0, 0.05) is 12.1 Å². The van der Waals surface area contributed by atoms with Crippen molar-refractivity contribution in [3.8, 4) is 16.9 Å². The van der Waals surface area contributed by atoms with Crippen molar-refractivity contribution in [1.29, 1.82) is 0 Å². The van der Waals surface area contributed by atoms with Gasteiger partial charge in [0.1, 0.15) is 12.4 Å². The van der Waals surface area contributed by atoms with Crippen LogP contribution in [0.15, 0.2) is 72.8 Å². The van der Waals surface area contributed by atoms with E-state index in [0.29, 0.717) is 18.7 Å². The Morgan fingerprint density at radius 1 is 0.933 bits per heavy atom. The van der Waals surface area contributed by atoms with Gasteiger partial charge in [-0.1, -0.05) is 54.6 Å². The van der Waals surface area contributed by atoms with Crippen LogP contribution in [0.3, 0.4) is 0 Å². The molecule has 0 aliphatic carbocycles. The third kappa shape index (κ3) is 5.61. The molecule has 0 bridgehead atoms. The smallest absolute Gasteiger partial charge is 0.407 e. The van der Waals surface area contributed by atoms with Crippen LogP contribution in [-0.2, 0) is 17.8 Å². The van der Waals surface area contributed by atoms with Gasteiger partial charge >= 0.3 is 12.1 Å². The second kappa shape index (κ2) is 10.1. The first kappa shape index (κ1) is 20.9. The summed E-state index contributed by atoms with van der Waals surface area (Å²) >= 11 is 0. The van der Waals surface area contributed by atoms with Crippen molar-refractivity contribution in [2.75, 3.05) is 13.7 Å². The summed E-state index contributed by atoms with van der Waals surface area (Å²) in [5.41, 5.74) is 3.91. The van der Waals surface area contributed by atoms with Crippen molar-refractivity contribution < 1.29 is 24.2 Å². The summed E-state index contributed by atoms with van der Waals surface area (Å²) in [5.74, 6) is -0.490. The van der Waals surface area contributed by atoms with Crippen LogP contribution >= 0.6 is 0 Å². The first-order valence-electron chi connectivity index (χ1n) is 9.52. The molecule has 0 saturated heterocycles. The van der Waals surface area contributed by atoms with Gasteiger partial charge in [0.05, 0.1) is 12.7 Å². The Kier molecular flexibility index (Phi) is 7.05. The lowest BCUT2D eigenvalue weighted by Crippen LogP contribution is -2.26. The van der Waals surface area contributed by atoms with Gasteiger partial charge < -0.3 is 19.9 Å². The first-order chi connectivity index (χ1) is 14.6. The topological polar surface area (TPSA) is 84.9 Å². The van der Waals surface area contributed by atoms with E-state index >= 15 is 0 Å². The number of hydrogen-bond acceptors (Lipinski definition) is 4. The van der Waals surface area contributed by atoms with Gasteiger partial charge in [-0.15, -0.1) is 0 Å². The Hall–Kier alpha value is -3.80. The minimum Gasteiger partial charge on any atom is -0.496 e. The van der Waals surface area contributed by atoms with Crippen LogP contribution in [0.25, 0.3) is 11.1 Å². The van der Waals surface area contributed by atoms with Crippen LogP contribution in [0, 0.1) is 0 Å². The maximum absolute atomic E-state index is 11.8. The molecule has 0 atom stereocenters. The van der Waals surface area contributed by atoms with Crippen LogP contribution in [-0.4, -0.2) is 30.8 Å². The molecule has 0 aromatic heterocycles. The third-order valence-corrected chi connectivity index (χ3v) is 4.61. The summed E-state index contributed by atoms with van der Waals surface area (Å²) in [7, 11) is 1.52. The molecule has 0 aliphatic rings. The number of benzene rings is 3. The van der Waals surface area contributed by atoms with Crippen molar-refractivity contribution in [3.05, 3.63) is 89.5 Å². The van der Waals surface area contributed by atoms with Crippen molar-refractivity contribution in [1.82, 2.24) is 5.32 Å². The van der Waals surface area contributed by atoms with Crippen molar-refractivity contribution in [3.63, 3.8) is 0 Å². The fourth-order valence-electron chi connectivity index (χ4n) is 3.00. The Morgan fingerprint density at radius 2 is 1.67 bits per heavy atom. The zero-order valence-electron chi connectivity index (χ0n) is 16.6. The van der Waals surface area contributed by atoms with Crippen LogP contribution in [0.2, 0.25) is 0 Å². The molecule has 3 aromatic rings. The van der Waals surface area contributed by atoms with Crippen LogP contribution in [0.4, 0.5) is 4.79 Å². The van der Waals surface area contributed by atoms with Crippen LogP contribution in [0.1, 0.15) is 21.5 Å². The normalized spacial score (nSPS) is 10.3. The standard InChI is InChI=1S/C24H23NO5/c1-29-22-15-20(23(26)27)11-12-21(22)19-9-7-17(8-10-19)13-14-25-24(28)30-16-18-5-3-2-4-6-18/h2-12,15H,13-14,16H2,1H3,(H,25,28)(H,26,27). The second-order valence-electron chi connectivity index (χ2n) is 6.66. The minimum absolute atomic E-state index is 0.178. The van der Waals surface area contributed by atoms with Gasteiger partial charge in [-0.25, -0.2) is 9.59 Å². The Morgan fingerprint density at radius 3 is 2.33 bits per heavy atom. The number of carboxylic acids is 1. The van der Waals surface area contributed by atoms with Gasteiger partial charge in [-0.05, 0) is 41.3 Å². The third-order valence-electron chi connectivity index (χ3n) is 4.61. The highest BCUT2D eigenvalue weighted by atomic mass is 16.5. The van der Waals surface area contributed by atoms with Crippen molar-refractivity contribution in [2.24, 2.45) is 0 Å². The van der Waals surface area contributed by atoms with Gasteiger partial charge in [0.25, 0.3) is 0 Å². The summed E-state index contributed by atoms with van der Waals surface area (Å²) in [4.78, 5) is 22.9. The number of carbonyl (C=O) groups excluding carboxylic acids is 1. The van der Waals surface area contributed by atoms with E-state index in [4.69, 9.17) is 14.6 Å². The Labute approximate surface area is 175 Å². The Bertz CT molecular complexity index is 1000. The molecule has 6 nitrogen and oxygen atoms in total. The monoisotopic (exact) mass is 405 g/mol. The molecule has 6 heteroatoms. The number of aromatic carboxylic acids is 1. The molecule has 0 saturated carbocycles. The van der Waals surface area contributed by atoms with Crippen molar-refractivity contribution >= 4 is 12.1 Å². The number of methoxy groups -OCH3 is 1. The van der Waals surface area contributed by atoms with Crippen molar-refractivity contribution in [2.45, 2.75) is 13.0 Å². The highest BCUT2D eigenvalue weighted by molar-refractivity contribution is 5.89. The van der Waals surface area contributed by atoms with E-state index in [2.05, 4.69) is 5.32 Å². The largest absolute Gasteiger partial charge is 0.496 e. The van der Waals surface area contributed by atoms with E-state index in [1.54, 1.807) is 12.1 Å². The maximum Gasteiger partial charge on any atom is 0.407 e. The molecular formula is C24H23NO5. The van der Waals surface area contributed by atoms with E-state index in [0.717, 1.165) is 22.3 Å². The molecule has 0 heterocycles. The zero-order valence-corrected chi connectivity index (χ0v) is 16.6. The fraction of sp³-hybridized carbons (Fsp3) is 0.167. The summed E-state index contributed by atoms with van der Waals surface area (Å²) < 4.78 is 10.5. The lowest BCUT2D eigenvalue weighted by Gasteiger charge is -2.11. The summed E-state index contributed by atoms with van der Waals surface area (Å²) in [6.45, 7) is 0.702. The van der Waals surface area contributed by atoms with E-state index < -0.39 is 12.1 Å². The predicted octanol–water partition coefficient (Wildman–Crippen LogP) is 4.53. The number of carboxylic acid groups (broad SMARTS) is 1. The lowest BCUT2D eigenvalue weighted by molar-refractivity contribution is 0.0696. The molecule has 30 heavy (non-hydrogen) atoms. The minimum atomic E-state index is -0.995. The molecule has 0 unspecified atom stereocenters. The van der Waals surface area contributed by atoms with Crippen LogP contribution in [0.5, 0.6) is 5.75 Å². The molecular weight excluding hydrogens is 382 g/mol. The number of nitrogens with one attached hydrogen (secondary N) is 1. The zero-order chi connectivity index (χ0) is 21.3. The summed E-state index contributed by atoms with van der Waals surface area (Å²) in [5, 5.41) is 11.9. The van der Waals surface area contributed by atoms with Gasteiger partial charge in [-0.3, -0.25) is 0 Å². The first-order valence-corrected chi connectivity index (χ1v) is 9.52. The van der Waals surface area contributed by atoms with E-state index in [9.17, 15) is 9.59 Å². The fourth-order valence-corrected chi connectivity index (χ4v) is 3.00. The molecule has 0 spiro atoms.